The minimum Gasteiger partial charge on any atom is -0.487 e. The molecule has 2 unspecified atom stereocenters. The van der Waals surface area contributed by atoms with E-state index in [-0.39, 0.29) is 17.6 Å². The second-order valence-electron chi connectivity index (χ2n) is 13.0. The number of piperazine rings is 1. The SMILES string of the molecule is CC1(C)CC(c2cccc(C(F)(F)F)c2)c2cc3c(cc2O1)OC(C)(C)CC3N1CCN(Cc2ccccc2)CC1. The molecule has 3 heterocycles. The number of rotatable bonds is 4. The van der Waals surface area contributed by atoms with Gasteiger partial charge in [0.1, 0.15) is 22.7 Å². The summed E-state index contributed by atoms with van der Waals surface area (Å²) in [5.74, 6) is 1.31. The molecule has 3 aliphatic rings. The Kier molecular flexibility index (Phi) is 7.10. The molecular formula is C34H39F3N2O2. The van der Waals surface area contributed by atoms with E-state index in [0.29, 0.717) is 17.7 Å². The van der Waals surface area contributed by atoms with Crippen LogP contribution < -0.4 is 9.47 Å². The summed E-state index contributed by atoms with van der Waals surface area (Å²) < 4.78 is 53.9. The summed E-state index contributed by atoms with van der Waals surface area (Å²) in [7, 11) is 0. The van der Waals surface area contributed by atoms with Crippen molar-refractivity contribution in [2.24, 2.45) is 0 Å². The van der Waals surface area contributed by atoms with Gasteiger partial charge in [-0.1, -0.05) is 48.5 Å². The van der Waals surface area contributed by atoms with Gasteiger partial charge in [0, 0.05) is 68.3 Å². The zero-order valence-corrected chi connectivity index (χ0v) is 24.3. The van der Waals surface area contributed by atoms with E-state index in [1.165, 1.54) is 17.7 Å². The van der Waals surface area contributed by atoms with Gasteiger partial charge in [0.2, 0.25) is 0 Å². The van der Waals surface area contributed by atoms with E-state index in [9.17, 15) is 13.2 Å². The van der Waals surface area contributed by atoms with E-state index in [0.717, 1.165) is 62.1 Å². The smallest absolute Gasteiger partial charge is 0.416 e. The van der Waals surface area contributed by atoms with Crippen LogP contribution in [0.25, 0.3) is 0 Å². The Balaban J connectivity index is 1.32. The van der Waals surface area contributed by atoms with Crippen LogP contribution >= 0.6 is 0 Å². The lowest BCUT2D eigenvalue weighted by atomic mass is 9.77. The molecule has 218 valence electrons. The first kappa shape index (κ1) is 28.1. The number of benzene rings is 3. The van der Waals surface area contributed by atoms with Crippen LogP contribution in [0.4, 0.5) is 13.2 Å². The van der Waals surface area contributed by atoms with Crippen LogP contribution in [0.1, 0.15) is 80.3 Å². The molecule has 0 spiro atoms. The molecule has 0 radical (unpaired) electrons. The quantitative estimate of drug-likeness (QED) is 0.323. The fourth-order valence-corrected chi connectivity index (χ4v) is 6.79. The zero-order chi connectivity index (χ0) is 29.0. The number of fused-ring (bicyclic) bond motifs is 2. The molecule has 1 fully saturated rings. The zero-order valence-electron chi connectivity index (χ0n) is 24.3. The van der Waals surface area contributed by atoms with Crippen molar-refractivity contribution in [3.63, 3.8) is 0 Å². The van der Waals surface area contributed by atoms with Crippen LogP contribution in [-0.4, -0.2) is 47.2 Å². The molecular weight excluding hydrogens is 525 g/mol. The van der Waals surface area contributed by atoms with Gasteiger partial charge in [-0.25, -0.2) is 0 Å². The van der Waals surface area contributed by atoms with Gasteiger partial charge in [-0.05, 0) is 57.4 Å². The highest BCUT2D eigenvalue weighted by Crippen LogP contribution is 2.51. The van der Waals surface area contributed by atoms with Crippen molar-refractivity contribution >= 4 is 0 Å². The third kappa shape index (κ3) is 5.98. The third-order valence-corrected chi connectivity index (χ3v) is 8.74. The average Bonchev–Trinajstić information content (AvgIpc) is 2.91. The van der Waals surface area contributed by atoms with Crippen LogP contribution in [0, 0.1) is 0 Å². The number of hydrogen-bond acceptors (Lipinski definition) is 4. The van der Waals surface area contributed by atoms with Crippen molar-refractivity contribution in [3.8, 4) is 11.5 Å². The largest absolute Gasteiger partial charge is 0.487 e. The number of alkyl halides is 3. The second kappa shape index (κ2) is 10.4. The number of halogens is 3. The summed E-state index contributed by atoms with van der Waals surface area (Å²) in [5, 5.41) is 0. The van der Waals surface area contributed by atoms with E-state index in [1.54, 1.807) is 0 Å². The average molecular weight is 565 g/mol. The molecule has 3 aromatic carbocycles. The molecule has 41 heavy (non-hydrogen) atoms. The Morgan fingerprint density at radius 3 is 2.10 bits per heavy atom. The van der Waals surface area contributed by atoms with Crippen molar-refractivity contribution in [1.29, 1.82) is 0 Å². The third-order valence-electron chi connectivity index (χ3n) is 8.74. The Morgan fingerprint density at radius 1 is 0.756 bits per heavy atom. The van der Waals surface area contributed by atoms with Gasteiger partial charge in [0.15, 0.2) is 0 Å². The van der Waals surface area contributed by atoms with E-state index in [2.05, 4.69) is 54.0 Å². The molecule has 0 aromatic heterocycles. The molecule has 0 amide bonds. The Bertz CT molecular complexity index is 1390. The van der Waals surface area contributed by atoms with E-state index in [1.807, 2.05) is 32.0 Å². The predicted molar refractivity (Wildman–Crippen MR) is 154 cm³/mol. The van der Waals surface area contributed by atoms with Crippen LogP contribution in [0.5, 0.6) is 11.5 Å². The normalized spacial score (nSPS) is 24.1. The molecule has 2 atom stereocenters. The van der Waals surface area contributed by atoms with Gasteiger partial charge in [0.25, 0.3) is 0 Å². The lowest BCUT2D eigenvalue weighted by Crippen LogP contribution is -2.50. The van der Waals surface area contributed by atoms with Crippen molar-refractivity contribution in [2.45, 2.75) is 76.4 Å². The summed E-state index contributed by atoms with van der Waals surface area (Å²) >= 11 is 0. The lowest BCUT2D eigenvalue weighted by molar-refractivity contribution is -0.137. The first-order chi connectivity index (χ1) is 19.4. The fourth-order valence-electron chi connectivity index (χ4n) is 6.79. The van der Waals surface area contributed by atoms with Crippen molar-refractivity contribution in [2.75, 3.05) is 26.2 Å². The minimum absolute atomic E-state index is 0.162. The van der Waals surface area contributed by atoms with E-state index in [4.69, 9.17) is 9.47 Å². The van der Waals surface area contributed by atoms with Crippen LogP contribution in [-0.2, 0) is 12.7 Å². The highest BCUT2D eigenvalue weighted by atomic mass is 19.4. The van der Waals surface area contributed by atoms with Gasteiger partial charge < -0.3 is 9.47 Å². The second-order valence-corrected chi connectivity index (χ2v) is 13.0. The number of nitrogens with zero attached hydrogens (tertiary/aromatic N) is 2. The molecule has 4 nitrogen and oxygen atoms in total. The highest BCUT2D eigenvalue weighted by Gasteiger charge is 2.42. The Hall–Kier alpha value is -3.03. The Labute approximate surface area is 241 Å². The molecule has 0 aliphatic carbocycles. The molecule has 3 aromatic rings. The van der Waals surface area contributed by atoms with Crippen molar-refractivity contribution < 1.29 is 22.6 Å². The number of ether oxygens (including phenoxy) is 2. The fraction of sp³-hybridized carbons (Fsp3) is 0.471. The molecule has 6 rings (SSSR count). The number of hydrogen-bond donors (Lipinski definition) is 0. The molecule has 0 saturated carbocycles. The van der Waals surface area contributed by atoms with Crippen LogP contribution in [0.2, 0.25) is 0 Å². The van der Waals surface area contributed by atoms with Crippen LogP contribution in [0.15, 0.2) is 66.7 Å². The van der Waals surface area contributed by atoms with E-state index < -0.39 is 17.3 Å². The van der Waals surface area contributed by atoms with Crippen molar-refractivity contribution in [1.82, 2.24) is 9.80 Å². The maximum atomic E-state index is 13.6. The highest BCUT2D eigenvalue weighted by molar-refractivity contribution is 5.54. The monoisotopic (exact) mass is 564 g/mol. The molecule has 1 saturated heterocycles. The summed E-state index contributed by atoms with van der Waals surface area (Å²) in [5.41, 5.74) is 2.55. The summed E-state index contributed by atoms with van der Waals surface area (Å²) in [4.78, 5) is 5.06. The van der Waals surface area contributed by atoms with Gasteiger partial charge in [-0.3, -0.25) is 9.80 Å². The summed E-state index contributed by atoms with van der Waals surface area (Å²) in [6.07, 6.45) is -2.95. The molecule has 0 N–H and O–H groups in total. The van der Waals surface area contributed by atoms with Crippen LogP contribution in [0.3, 0.4) is 0 Å². The maximum Gasteiger partial charge on any atom is 0.416 e. The minimum atomic E-state index is -4.39. The lowest BCUT2D eigenvalue weighted by Gasteiger charge is -2.46. The topological polar surface area (TPSA) is 24.9 Å². The molecule has 3 aliphatic heterocycles. The molecule has 0 bridgehead atoms. The Morgan fingerprint density at radius 2 is 1.41 bits per heavy atom. The van der Waals surface area contributed by atoms with Gasteiger partial charge in [-0.2, -0.15) is 13.2 Å². The predicted octanol–water partition coefficient (Wildman–Crippen LogP) is 7.82. The van der Waals surface area contributed by atoms with Gasteiger partial charge in [0.05, 0.1) is 5.56 Å². The van der Waals surface area contributed by atoms with E-state index >= 15 is 0 Å². The van der Waals surface area contributed by atoms with Crippen molar-refractivity contribution in [3.05, 3.63) is 94.5 Å². The van der Waals surface area contributed by atoms with Gasteiger partial charge in [-0.15, -0.1) is 0 Å². The summed E-state index contributed by atoms with van der Waals surface area (Å²) in [6, 6.07) is 20.7. The standard InChI is InChI=1S/C34H39F3N2O2/c1-32(2)20-28(24-11-8-12-25(17-24)34(35,36)37)26-18-27-29(21-33(3,4)41-31(27)19-30(26)40-32)39-15-13-38(14-16-39)22-23-9-6-5-7-10-23/h5-12,17-19,28-29H,13-16,20-22H2,1-4H3. The van der Waals surface area contributed by atoms with Gasteiger partial charge >= 0.3 is 6.18 Å². The first-order valence-corrected chi connectivity index (χ1v) is 14.6. The molecule has 7 heteroatoms. The summed E-state index contributed by atoms with van der Waals surface area (Å²) in [6.45, 7) is 13.1. The first-order valence-electron chi connectivity index (χ1n) is 14.6. The maximum absolute atomic E-state index is 13.6.